The minimum absolute atomic E-state index is 0. The van der Waals surface area contributed by atoms with Gasteiger partial charge < -0.3 is 16.0 Å². The molecule has 3 N–H and O–H groups in total. The van der Waals surface area contributed by atoms with Gasteiger partial charge in [-0.3, -0.25) is 9.59 Å². The van der Waals surface area contributed by atoms with Crippen LogP contribution >= 0.6 is 12.4 Å². The van der Waals surface area contributed by atoms with E-state index in [0.717, 1.165) is 5.56 Å². The van der Waals surface area contributed by atoms with Crippen molar-refractivity contribution in [2.75, 3.05) is 25.0 Å². The van der Waals surface area contributed by atoms with Crippen LogP contribution in [0.2, 0.25) is 0 Å². The first-order chi connectivity index (χ1) is 13.7. The SMILES string of the molecule is CC(C)(C)C(=O)Nc1ccc(F)c(C(=O)N2C[C@@H](CN)[C@H](c3ccccc3)C2)c1.Cl. The Morgan fingerprint density at radius 1 is 1.13 bits per heavy atom. The van der Waals surface area contributed by atoms with Gasteiger partial charge in [-0.1, -0.05) is 51.1 Å². The fourth-order valence-corrected chi connectivity index (χ4v) is 3.61. The lowest BCUT2D eigenvalue weighted by atomic mass is 9.89. The Bertz CT molecular complexity index is 899. The second-order valence-electron chi connectivity index (χ2n) is 8.62. The van der Waals surface area contributed by atoms with E-state index >= 15 is 0 Å². The molecule has 1 heterocycles. The number of nitrogens with one attached hydrogen (secondary N) is 1. The average molecular weight is 434 g/mol. The Morgan fingerprint density at radius 3 is 2.40 bits per heavy atom. The quantitative estimate of drug-likeness (QED) is 0.763. The number of halogens is 2. The second kappa shape index (κ2) is 9.58. The van der Waals surface area contributed by atoms with Gasteiger partial charge in [-0.05, 0) is 36.2 Å². The van der Waals surface area contributed by atoms with Crippen LogP contribution in [-0.4, -0.2) is 36.3 Å². The van der Waals surface area contributed by atoms with Crippen LogP contribution in [0, 0.1) is 17.2 Å². The number of nitrogens with two attached hydrogens (primary N) is 1. The highest BCUT2D eigenvalue weighted by atomic mass is 35.5. The van der Waals surface area contributed by atoms with Crippen molar-refractivity contribution in [3.63, 3.8) is 0 Å². The van der Waals surface area contributed by atoms with Crippen molar-refractivity contribution in [2.24, 2.45) is 17.1 Å². The molecule has 7 heteroatoms. The third-order valence-corrected chi connectivity index (χ3v) is 5.39. The van der Waals surface area contributed by atoms with Crippen molar-refractivity contribution >= 4 is 29.9 Å². The summed E-state index contributed by atoms with van der Waals surface area (Å²) in [5, 5.41) is 2.75. The van der Waals surface area contributed by atoms with Crippen LogP contribution in [0.5, 0.6) is 0 Å². The molecule has 2 aromatic rings. The lowest BCUT2D eigenvalue weighted by Crippen LogP contribution is -2.31. The highest BCUT2D eigenvalue weighted by Gasteiger charge is 2.36. The molecule has 1 aliphatic heterocycles. The van der Waals surface area contributed by atoms with Crippen LogP contribution in [0.4, 0.5) is 10.1 Å². The topological polar surface area (TPSA) is 75.4 Å². The zero-order valence-electron chi connectivity index (χ0n) is 17.5. The monoisotopic (exact) mass is 433 g/mol. The predicted octanol–water partition coefficient (Wildman–Crippen LogP) is 4.05. The van der Waals surface area contributed by atoms with Crippen molar-refractivity contribution < 1.29 is 14.0 Å². The van der Waals surface area contributed by atoms with E-state index in [4.69, 9.17) is 5.73 Å². The summed E-state index contributed by atoms with van der Waals surface area (Å²) in [7, 11) is 0. The van der Waals surface area contributed by atoms with Gasteiger partial charge in [0.25, 0.3) is 5.91 Å². The van der Waals surface area contributed by atoms with E-state index in [9.17, 15) is 14.0 Å². The van der Waals surface area contributed by atoms with Gasteiger partial charge in [-0.2, -0.15) is 0 Å². The molecule has 0 radical (unpaired) electrons. The first-order valence-electron chi connectivity index (χ1n) is 9.86. The molecule has 2 atom stereocenters. The molecule has 1 fully saturated rings. The van der Waals surface area contributed by atoms with E-state index in [0.29, 0.717) is 25.3 Å². The van der Waals surface area contributed by atoms with Gasteiger partial charge in [0.05, 0.1) is 5.56 Å². The Morgan fingerprint density at radius 2 is 1.80 bits per heavy atom. The number of hydrogen-bond donors (Lipinski definition) is 2. The summed E-state index contributed by atoms with van der Waals surface area (Å²) in [4.78, 5) is 27.0. The number of amides is 2. The standard InChI is InChI=1S/C23H28FN3O2.ClH/c1-23(2,3)22(29)26-17-9-10-20(24)18(11-17)21(28)27-13-16(12-25)19(14-27)15-7-5-4-6-8-15;/h4-11,16,19H,12-14,25H2,1-3H3,(H,26,29);1H/t16-,19+;/m1./s1. The number of rotatable bonds is 4. The van der Waals surface area contributed by atoms with Gasteiger partial charge in [-0.25, -0.2) is 4.39 Å². The predicted molar refractivity (Wildman–Crippen MR) is 119 cm³/mol. The smallest absolute Gasteiger partial charge is 0.256 e. The molecule has 0 bridgehead atoms. The van der Waals surface area contributed by atoms with E-state index < -0.39 is 11.2 Å². The van der Waals surface area contributed by atoms with Crippen molar-refractivity contribution in [3.8, 4) is 0 Å². The fraction of sp³-hybridized carbons (Fsp3) is 0.391. The van der Waals surface area contributed by atoms with Crippen LogP contribution in [0.3, 0.4) is 0 Å². The van der Waals surface area contributed by atoms with Crippen molar-refractivity contribution in [3.05, 3.63) is 65.5 Å². The van der Waals surface area contributed by atoms with Gasteiger partial charge in [0.2, 0.25) is 5.91 Å². The second-order valence-corrected chi connectivity index (χ2v) is 8.62. The van der Waals surface area contributed by atoms with Crippen LogP contribution in [0.1, 0.15) is 42.6 Å². The molecule has 0 aromatic heterocycles. The highest BCUT2D eigenvalue weighted by Crippen LogP contribution is 2.33. The maximum Gasteiger partial charge on any atom is 0.256 e. The van der Waals surface area contributed by atoms with E-state index in [1.807, 2.05) is 30.3 Å². The first-order valence-corrected chi connectivity index (χ1v) is 9.86. The highest BCUT2D eigenvalue weighted by molar-refractivity contribution is 5.98. The van der Waals surface area contributed by atoms with Gasteiger partial charge in [0, 0.05) is 30.1 Å². The summed E-state index contributed by atoms with van der Waals surface area (Å²) < 4.78 is 14.5. The minimum Gasteiger partial charge on any atom is -0.338 e. The van der Waals surface area contributed by atoms with Crippen molar-refractivity contribution in [1.29, 1.82) is 0 Å². The van der Waals surface area contributed by atoms with Crippen LogP contribution in [0.15, 0.2) is 48.5 Å². The Balaban J connectivity index is 0.00000320. The molecular formula is C23H29ClFN3O2. The van der Waals surface area contributed by atoms with Gasteiger partial charge >= 0.3 is 0 Å². The molecule has 0 aliphatic carbocycles. The zero-order chi connectivity index (χ0) is 21.2. The lowest BCUT2D eigenvalue weighted by molar-refractivity contribution is -0.123. The van der Waals surface area contributed by atoms with Gasteiger partial charge in [0.15, 0.2) is 0 Å². The largest absolute Gasteiger partial charge is 0.338 e. The number of hydrogen-bond acceptors (Lipinski definition) is 3. The molecule has 1 aliphatic rings. The molecule has 0 unspecified atom stereocenters. The van der Waals surface area contributed by atoms with Gasteiger partial charge in [-0.15, -0.1) is 12.4 Å². The van der Waals surface area contributed by atoms with Crippen molar-refractivity contribution in [1.82, 2.24) is 4.90 Å². The summed E-state index contributed by atoms with van der Waals surface area (Å²) in [6.07, 6.45) is 0. The third kappa shape index (κ3) is 5.18. The Kier molecular flexibility index (Phi) is 7.61. The molecule has 162 valence electrons. The van der Waals surface area contributed by atoms with E-state index in [-0.39, 0.29) is 41.6 Å². The Hall–Kier alpha value is -2.44. The average Bonchev–Trinajstić information content (AvgIpc) is 3.13. The number of nitrogens with zero attached hydrogens (tertiary/aromatic N) is 1. The molecule has 2 aromatic carbocycles. The Labute approximate surface area is 183 Å². The summed E-state index contributed by atoms with van der Waals surface area (Å²) in [6, 6.07) is 14.0. The maximum absolute atomic E-state index is 14.5. The molecule has 0 spiro atoms. The maximum atomic E-state index is 14.5. The molecule has 5 nitrogen and oxygen atoms in total. The molecule has 2 amide bonds. The molecular weight excluding hydrogens is 405 g/mol. The summed E-state index contributed by atoms with van der Waals surface area (Å²) in [5.74, 6) is -0.941. The molecule has 3 rings (SSSR count). The van der Waals surface area contributed by atoms with E-state index in [1.165, 1.54) is 18.2 Å². The number of carbonyl (C=O) groups is 2. The minimum atomic E-state index is -0.601. The van der Waals surface area contributed by atoms with Crippen LogP contribution in [0.25, 0.3) is 0 Å². The van der Waals surface area contributed by atoms with Gasteiger partial charge in [0.1, 0.15) is 5.82 Å². The normalized spacial score (nSPS) is 18.6. The van der Waals surface area contributed by atoms with E-state index in [1.54, 1.807) is 25.7 Å². The third-order valence-electron chi connectivity index (χ3n) is 5.39. The number of anilines is 1. The fourth-order valence-electron chi connectivity index (χ4n) is 3.61. The summed E-state index contributed by atoms with van der Waals surface area (Å²) >= 11 is 0. The summed E-state index contributed by atoms with van der Waals surface area (Å²) in [6.45, 7) is 6.79. The molecule has 1 saturated heterocycles. The van der Waals surface area contributed by atoms with Crippen LogP contribution < -0.4 is 11.1 Å². The zero-order valence-corrected chi connectivity index (χ0v) is 18.3. The number of carbonyl (C=O) groups excluding carboxylic acids is 2. The first kappa shape index (κ1) is 23.8. The van der Waals surface area contributed by atoms with E-state index in [2.05, 4.69) is 5.32 Å². The number of benzene rings is 2. The molecule has 0 saturated carbocycles. The van der Waals surface area contributed by atoms with Crippen LogP contribution in [-0.2, 0) is 4.79 Å². The van der Waals surface area contributed by atoms with Crippen molar-refractivity contribution in [2.45, 2.75) is 26.7 Å². The molecule has 30 heavy (non-hydrogen) atoms. The summed E-state index contributed by atoms with van der Waals surface area (Å²) in [5.41, 5.74) is 6.86. The lowest BCUT2D eigenvalue weighted by Gasteiger charge is -2.20. The number of likely N-dealkylation sites (tertiary alicyclic amines) is 1.